The van der Waals surface area contributed by atoms with Crippen LogP contribution < -0.4 is 10.5 Å². The molecule has 2 aliphatic heterocycles. The van der Waals surface area contributed by atoms with Crippen LogP contribution in [0.5, 0.6) is 5.88 Å². The summed E-state index contributed by atoms with van der Waals surface area (Å²) in [6.45, 7) is 8.77. The Kier molecular flexibility index (Phi) is 7.60. The van der Waals surface area contributed by atoms with Crippen molar-refractivity contribution in [3.05, 3.63) is 50.8 Å². The Hall–Kier alpha value is -2.82. The van der Waals surface area contributed by atoms with E-state index in [1.54, 1.807) is 12.1 Å². The summed E-state index contributed by atoms with van der Waals surface area (Å²) in [5.74, 6) is 0.438. The van der Waals surface area contributed by atoms with E-state index in [4.69, 9.17) is 11.6 Å². The van der Waals surface area contributed by atoms with E-state index in [0.717, 1.165) is 38.9 Å². The number of H-pyrrole nitrogens is 1. The Morgan fingerprint density at radius 3 is 2.62 bits per heavy atom. The molecular weight excluding hydrogens is 497 g/mol. The van der Waals surface area contributed by atoms with Crippen LogP contribution >= 0.6 is 11.6 Å². The second kappa shape index (κ2) is 10.9. The fourth-order valence-electron chi connectivity index (χ4n) is 5.57. The van der Waals surface area contributed by atoms with Gasteiger partial charge in [0.25, 0.3) is 11.4 Å². The largest absolute Gasteiger partial charge is 0.491 e. The number of piperazine rings is 1. The number of likely N-dealkylation sites (tertiary alicyclic amines) is 1. The number of rotatable bonds is 6. The zero-order chi connectivity index (χ0) is 26.1. The van der Waals surface area contributed by atoms with Gasteiger partial charge in [0.2, 0.25) is 0 Å². The van der Waals surface area contributed by atoms with Gasteiger partial charge < -0.3 is 15.0 Å². The number of aromatic nitrogens is 4. The van der Waals surface area contributed by atoms with Gasteiger partial charge >= 0.3 is 0 Å². The number of halogens is 2. The molecule has 9 nitrogen and oxygen atoms in total. The van der Waals surface area contributed by atoms with Crippen molar-refractivity contribution in [2.24, 2.45) is 0 Å². The van der Waals surface area contributed by atoms with Crippen molar-refractivity contribution in [1.29, 1.82) is 0 Å². The summed E-state index contributed by atoms with van der Waals surface area (Å²) in [6, 6.07) is 5.66. The molecule has 37 heavy (non-hydrogen) atoms. The van der Waals surface area contributed by atoms with E-state index in [2.05, 4.69) is 41.6 Å². The number of piperidine rings is 1. The molecule has 3 aromatic rings. The summed E-state index contributed by atoms with van der Waals surface area (Å²) in [5, 5.41) is 11.0. The molecule has 11 heteroatoms. The molecule has 198 valence electrons. The Balaban J connectivity index is 1.25. The van der Waals surface area contributed by atoms with Crippen LogP contribution in [0, 0.1) is 5.82 Å². The Labute approximate surface area is 220 Å². The highest BCUT2D eigenvalue weighted by Crippen LogP contribution is 2.30. The molecule has 2 fully saturated rings. The van der Waals surface area contributed by atoms with Crippen LogP contribution in [0.4, 0.5) is 10.2 Å². The number of nitrogens with zero attached hydrogens (tertiary/aromatic N) is 6. The molecule has 0 amide bonds. The smallest absolute Gasteiger partial charge is 0.279 e. The van der Waals surface area contributed by atoms with Gasteiger partial charge in [-0.15, -0.1) is 0 Å². The van der Waals surface area contributed by atoms with Crippen molar-refractivity contribution in [3.63, 3.8) is 0 Å². The lowest BCUT2D eigenvalue weighted by Gasteiger charge is -2.47. The van der Waals surface area contributed by atoms with Crippen LogP contribution in [-0.2, 0) is 13.0 Å². The Bertz CT molecular complexity index is 1330. The second-order valence-corrected chi connectivity index (χ2v) is 10.3. The third-order valence-corrected chi connectivity index (χ3v) is 7.86. The first-order chi connectivity index (χ1) is 17.9. The van der Waals surface area contributed by atoms with Gasteiger partial charge in [-0.3, -0.25) is 14.6 Å². The first kappa shape index (κ1) is 25.8. The molecule has 0 unspecified atom stereocenters. The maximum absolute atomic E-state index is 14.2. The van der Waals surface area contributed by atoms with E-state index in [9.17, 15) is 14.3 Å². The summed E-state index contributed by atoms with van der Waals surface area (Å²) in [6.07, 6.45) is 3.60. The maximum atomic E-state index is 14.2. The van der Waals surface area contributed by atoms with Gasteiger partial charge in [0, 0.05) is 55.3 Å². The van der Waals surface area contributed by atoms with E-state index in [-0.39, 0.29) is 22.9 Å². The summed E-state index contributed by atoms with van der Waals surface area (Å²) in [5.41, 5.74) is 0.599. The van der Waals surface area contributed by atoms with Gasteiger partial charge in [-0.2, -0.15) is 0 Å². The minimum absolute atomic E-state index is 0.0503. The number of anilines is 1. The van der Waals surface area contributed by atoms with Gasteiger partial charge in [0.05, 0.1) is 0 Å². The molecule has 2 aromatic heterocycles. The Morgan fingerprint density at radius 1 is 1.14 bits per heavy atom. The number of hydrogen-bond donors (Lipinski definition) is 2. The number of benzene rings is 1. The zero-order valence-electron chi connectivity index (χ0n) is 21.3. The zero-order valence-corrected chi connectivity index (χ0v) is 22.0. The molecule has 2 aliphatic rings. The van der Waals surface area contributed by atoms with E-state index < -0.39 is 5.56 Å². The number of nitrogens with one attached hydrogen (secondary N) is 1. The van der Waals surface area contributed by atoms with E-state index >= 15 is 0 Å². The van der Waals surface area contributed by atoms with Crippen molar-refractivity contribution >= 4 is 28.6 Å². The lowest BCUT2D eigenvalue weighted by atomic mass is 9.98. The van der Waals surface area contributed by atoms with Gasteiger partial charge in [-0.05, 0) is 44.5 Å². The SMILES string of the molecule is CCc1nc2nc(N3CCN(C4CCN(Cc5ccc(Cl)cc5F)CC4)[C@@H](CC)C3)c(O)nc2c(=O)[nH]1. The highest BCUT2D eigenvalue weighted by atomic mass is 35.5. The molecule has 0 spiro atoms. The fourth-order valence-corrected chi connectivity index (χ4v) is 5.73. The van der Waals surface area contributed by atoms with Crippen LogP contribution in [0.1, 0.15) is 44.5 Å². The molecule has 1 aromatic carbocycles. The Morgan fingerprint density at radius 2 is 1.92 bits per heavy atom. The molecule has 0 saturated carbocycles. The number of aromatic amines is 1. The van der Waals surface area contributed by atoms with Crippen LogP contribution in [0.2, 0.25) is 5.02 Å². The van der Waals surface area contributed by atoms with E-state index in [0.29, 0.717) is 60.4 Å². The summed E-state index contributed by atoms with van der Waals surface area (Å²) in [4.78, 5) is 35.0. The third-order valence-electron chi connectivity index (χ3n) is 7.62. The minimum atomic E-state index is -0.391. The quantitative estimate of drug-likeness (QED) is 0.501. The van der Waals surface area contributed by atoms with Crippen molar-refractivity contribution in [2.45, 2.75) is 58.2 Å². The topological polar surface area (TPSA) is 101 Å². The summed E-state index contributed by atoms with van der Waals surface area (Å²) in [7, 11) is 0. The van der Waals surface area contributed by atoms with Crippen LogP contribution in [0.15, 0.2) is 23.0 Å². The molecule has 1 atom stereocenters. The fraction of sp³-hybridized carbons (Fsp3) is 0.538. The molecule has 2 saturated heterocycles. The van der Waals surface area contributed by atoms with Gasteiger partial charge in [0.15, 0.2) is 17.0 Å². The standard InChI is InChI=1S/C26H33ClFN7O2/c1-3-18-15-34(24-26(37)31-22-23(32-24)29-21(4-2)30-25(22)36)11-12-35(18)19-7-9-33(10-8-19)14-16-5-6-17(27)13-20(16)28/h5-6,13,18-19H,3-4,7-12,14-15H2,1-2H3,(H,31,37)(H,29,30,32,36)/t18-/m0/s1. The van der Waals surface area contributed by atoms with Crippen LogP contribution in [-0.4, -0.2) is 79.6 Å². The number of aryl methyl sites for hydroxylation is 1. The van der Waals surface area contributed by atoms with Crippen LogP contribution in [0.3, 0.4) is 0 Å². The van der Waals surface area contributed by atoms with Crippen molar-refractivity contribution in [3.8, 4) is 5.88 Å². The van der Waals surface area contributed by atoms with Crippen molar-refractivity contribution < 1.29 is 9.50 Å². The molecule has 0 bridgehead atoms. The minimum Gasteiger partial charge on any atom is -0.491 e. The lowest BCUT2D eigenvalue weighted by molar-refractivity contribution is 0.0606. The molecule has 0 radical (unpaired) electrons. The van der Waals surface area contributed by atoms with E-state index in [1.165, 1.54) is 6.07 Å². The highest BCUT2D eigenvalue weighted by molar-refractivity contribution is 6.30. The lowest BCUT2D eigenvalue weighted by Crippen LogP contribution is -2.58. The molecular formula is C26H33ClFN7O2. The summed E-state index contributed by atoms with van der Waals surface area (Å²) < 4.78 is 14.2. The summed E-state index contributed by atoms with van der Waals surface area (Å²) >= 11 is 5.89. The monoisotopic (exact) mass is 529 g/mol. The first-order valence-electron chi connectivity index (χ1n) is 13.0. The molecule has 0 aliphatic carbocycles. The van der Waals surface area contributed by atoms with Crippen molar-refractivity contribution in [2.75, 3.05) is 37.6 Å². The number of fused-ring (bicyclic) bond motifs is 1. The normalized spacial score (nSPS) is 20.1. The predicted octanol–water partition coefficient (Wildman–Crippen LogP) is 3.34. The number of aromatic hydroxyl groups is 1. The van der Waals surface area contributed by atoms with E-state index in [1.807, 2.05) is 6.92 Å². The molecule has 4 heterocycles. The third kappa shape index (κ3) is 5.42. The first-order valence-corrected chi connectivity index (χ1v) is 13.4. The van der Waals surface area contributed by atoms with Gasteiger partial charge in [-0.1, -0.05) is 31.5 Å². The second-order valence-electron chi connectivity index (χ2n) is 9.90. The number of hydrogen-bond acceptors (Lipinski definition) is 8. The predicted molar refractivity (Wildman–Crippen MR) is 142 cm³/mol. The highest BCUT2D eigenvalue weighted by Gasteiger charge is 2.34. The van der Waals surface area contributed by atoms with Gasteiger partial charge in [0.1, 0.15) is 11.6 Å². The van der Waals surface area contributed by atoms with Crippen LogP contribution in [0.25, 0.3) is 11.2 Å². The average molecular weight is 530 g/mol. The molecule has 5 rings (SSSR count). The molecule has 2 N–H and O–H groups in total. The average Bonchev–Trinajstić information content (AvgIpc) is 2.90. The van der Waals surface area contributed by atoms with Crippen molar-refractivity contribution in [1.82, 2.24) is 29.7 Å². The maximum Gasteiger partial charge on any atom is 0.279 e. The van der Waals surface area contributed by atoms with Gasteiger partial charge in [-0.25, -0.2) is 19.3 Å².